The fourth-order valence-electron chi connectivity index (χ4n) is 2.84. The number of aryl methyl sites for hydroxylation is 1. The molecular formula is C22H24ClN3O3S. The van der Waals surface area contributed by atoms with E-state index in [1.165, 1.54) is 0 Å². The second kappa shape index (κ2) is 10.1. The van der Waals surface area contributed by atoms with Gasteiger partial charge >= 0.3 is 0 Å². The molecule has 3 aromatic carbocycles. The van der Waals surface area contributed by atoms with Crippen LogP contribution >= 0.6 is 12.4 Å². The lowest BCUT2D eigenvalue weighted by atomic mass is 10.1. The number of halogens is 1. The van der Waals surface area contributed by atoms with Crippen molar-refractivity contribution in [1.82, 2.24) is 0 Å². The predicted octanol–water partition coefficient (Wildman–Crippen LogP) is 4.12. The summed E-state index contributed by atoms with van der Waals surface area (Å²) in [5.74, 6) is 0.633. The van der Waals surface area contributed by atoms with Crippen LogP contribution in [0.3, 0.4) is 0 Å². The van der Waals surface area contributed by atoms with E-state index >= 15 is 0 Å². The van der Waals surface area contributed by atoms with Crippen LogP contribution in [-0.4, -0.2) is 20.9 Å². The smallest absolute Gasteiger partial charge is 0.261 e. The van der Waals surface area contributed by atoms with Gasteiger partial charge < -0.3 is 10.5 Å². The lowest BCUT2D eigenvalue weighted by Crippen LogP contribution is -2.13. The van der Waals surface area contributed by atoms with Crippen molar-refractivity contribution in [3.05, 3.63) is 89.5 Å². The molecule has 4 N–H and O–H groups in total. The first-order valence-corrected chi connectivity index (χ1v) is 10.6. The van der Waals surface area contributed by atoms with Gasteiger partial charge in [0.15, 0.2) is 0 Å². The monoisotopic (exact) mass is 445 g/mol. The molecule has 8 heteroatoms. The summed E-state index contributed by atoms with van der Waals surface area (Å²) in [5, 5.41) is 7.42. The van der Waals surface area contributed by atoms with Crippen LogP contribution < -0.4 is 15.2 Å². The first kappa shape index (κ1) is 23.3. The van der Waals surface area contributed by atoms with Crippen molar-refractivity contribution in [1.29, 1.82) is 5.41 Å². The molecule has 0 heterocycles. The molecule has 0 aromatic heterocycles. The van der Waals surface area contributed by atoms with Gasteiger partial charge in [0.25, 0.3) is 10.0 Å². The van der Waals surface area contributed by atoms with Gasteiger partial charge in [-0.25, -0.2) is 8.42 Å². The molecule has 0 spiro atoms. The Kier molecular flexibility index (Phi) is 7.86. The Hall–Kier alpha value is -3.03. The van der Waals surface area contributed by atoms with E-state index in [1.807, 2.05) is 25.1 Å². The Balaban J connectivity index is 0.00000320. The minimum absolute atomic E-state index is 0. The highest BCUT2D eigenvalue weighted by molar-refractivity contribution is 7.92. The first-order valence-electron chi connectivity index (χ1n) is 9.09. The summed E-state index contributed by atoms with van der Waals surface area (Å²) in [7, 11) is -3.65. The Morgan fingerprint density at radius 2 is 1.70 bits per heavy atom. The zero-order valence-electron chi connectivity index (χ0n) is 16.5. The van der Waals surface area contributed by atoms with E-state index in [0.29, 0.717) is 30.0 Å². The van der Waals surface area contributed by atoms with Gasteiger partial charge in [-0.1, -0.05) is 42.5 Å². The lowest BCUT2D eigenvalue weighted by molar-refractivity contribution is 0.322. The second-order valence-corrected chi connectivity index (χ2v) is 8.34. The molecule has 3 rings (SSSR count). The maximum atomic E-state index is 12.5. The molecule has 0 fully saturated rings. The number of benzene rings is 3. The van der Waals surface area contributed by atoms with Crippen molar-refractivity contribution < 1.29 is 13.2 Å². The Bertz CT molecular complexity index is 1100. The third kappa shape index (κ3) is 6.23. The zero-order valence-corrected chi connectivity index (χ0v) is 18.1. The van der Waals surface area contributed by atoms with Crippen LogP contribution in [0.2, 0.25) is 0 Å². The second-order valence-electron chi connectivity index (χ2n) is 6.66. The molecule has 0 aliphatic carbocycles. The molecule has 0 atom stereocenters. The number of anilines is 1. The number of amidine groups is 1. The van der Waals surface area contributed by atoms with Crippen molar-refractivity contribution in [3.63, 3.8) is 0 Å². The third-order valence-electron chi connectivity index (χ3n) is 4.28. The van der Waals surface area contributed by atoms with Crippen LogP contribution in [0.5, 0.6) is 5.75 Å². The van der Waals surface area contributed by atoms with Gasteiger partial charge in [-0.2, -0.15) is 0 Å². The molecule has 3 aromatic rings. The van der Waals surface area contributed by atoms with Crippen molar-refractivity contribution in [2.45, 2.75) is 18.2 Å². The summed E-state index contributed by atoms with van der Waals surface area (Å²) in [6.07, 6.45) is 0.678. The summed E-state index contributed by atoms with van der Waals surface area (Å²) in [5.41, 5.74) is 8.55. The fraction of sp³-hybridized carbons (Fsp3) is 0.136. The molecule has 0 radical (unpaired) electrons. The molecule has 0 aliphatic heterocycles. The molecule has 0 aliphatic rings. The molecule has 0 saturated carbocycles. The van der Waals surface area contributed by atoms with Gasteiger partial charge in [0, 0.05) is 18.1 Å². The highest BCUT2D eigenvalue weighted by Gasteiger charge is 2.14. The Morgan fingerprint density at radius 3 is 2.33 bits per heavy atom. The van der Waals surface area contributed by atoms with Crippen LogP contribution in [0, 0.1) is 12.3 Å². The Labute approximate surface area is 183 Å². The molecule has 0 saturated heterocycles. The average Bonchev–Trinajstić information content (AvgIpc) is 2.68. The van der Waals surface area contributed by atoms with Crippen molar-refractivity contribution >= 4 is 34.0 Å². The highest BCUT2D eigenvalue weighted by atomic mass is 35.5. The van der Waals surface area contributed by atoms with E-state index < -0.39 is 10.0 Å². The molecule has 30 heavy (non-hydrogen) atoms. The van der Waals surface area contributed by atoms with Gasteiger partial charge in [0.1, 0.15) is 11.6 Å². The fourth-order valence-corrected chi connectivity index (χ4v) is 3.90. The molecule has 0 amide bonds. The Morgan fingerprint density at radius 1 is 1.03 bits per heavy atom. The van der Waals surface area contributed by atoms with E-state index in [9.17, 15) is 8.42 Å². The summed E-state index contributed by atoms with van der Waals surface area (Å²) >= 11 is 0. The molecule has 0 bridgehead atoms. The van der Waals surface area contributed by atoms with E-state index in [4.69, 9.17) is 15.9 Å². The lowest BCUT2D eigenvalue weighted by Gasteiger charge is -2.12. The number of hydrogen-bond donors (Lipinski definition) is 3. The van der Waals surface area contributed by atoms with Gasteiger partial charge in [-0.05, 0) is 42.3 Å². The van der Waals surface area contributed by atoms with Gasteiger partial charge in [-0.3, -0.25) is 10.1 Å². The number of rotatable bonds is 8. The van der Waals surface area contributed by atoms with Crippen LogP contribution in [0.15, 0.2) is 77.7 Å². The first-order chi connectivity index (χ1) is 13.8. The van der Waals surface area contributed by atoms with E-state index in [-0.39, 0.29) is 23.1 Å². The SMILES string of the molecule is Cc1cc(NS(=O)(=O)c2ccccc2)cc(OCCc2ccc(C(=N)N)cc2)c1.Cl. The van der Waals surface area contributed by atoms with Crippen LogP contribution in [0.1, 0.15) is 16.7 Å². The third-order valence-corrected chi connectivity index (χ3v) is 5.68. The van der Waals surface area contributed by atoms with Crippen molar-refractivity contribution in [3.8, 4) is 5.75 Å². The highest BCUT2D eigenvalue weighted by Crippen LogP contribution is 2.23. The van der Waals surface area contributed by atoms with Gasteiger partial charge in [0.05, 0.1) is 17.2 Å². The number of ether oxygens (including phenoxy) is 1. The number of nitrogens with two attached hydrogens (primary N) is 1. The average molecular weight is 446 g/mol. The van der Waals surface area contributed by atoms with Crippen LogP contribution in [-0.2, 0) is 16.4 Å². The summed E-state index contributed by atoms with van der Waals surface area (Å²) in [6, 6.07) is 21.0. The maximum Gasteiger partial charge on any atom is 0.261 e. The predicted molar refractivity (Wildman–Crippen MR) is 122 cm³/mol. The molecule has 6 nitrogen and oxygen atoms in total. The number of nitrogens with one attached hydrogen (secondary N) is 2. The van der Waals surface area contributed by atoms with Crippen LogP contribution in [0.4, 0.5) is 5.69 Å². The quantitative estimate of drug-likeness (QED) is 0.358. The summed E-state index contributed by atoms with van der Waals surface area (Å²) in [6.45, 7) is 2.32. The minimum atomic E-state index is -3.65. The van der Waals surface area contributed by atoms with Crippen molar-refractivity contribution in [2.75, 3.05) is 11.3 Å². The van der Waals surface area contributed by atoms with E-state index in [0.717, 1.165) is 11.1 Å². The van der Waals surface area contributed by atoms with E-state index in [2.05, 4.69) is 4.72 Å². The summed E-state index contributed by atoms with van der Waals surface area (Å²) in [4.78, 5) is 0.206. The van der Waals surface area contributed by atoms with Crippen molar-refractivity contribution in [2.24, 2.45) is 5.73 Å². The van der Waals surface area contributed by atoms with E-state index in [1.54, 1.807) is 54.6 Å². The minimum Gasteiger partial charge on any atom is -0.493 e. The molecule has 158 valence electrons. The largest absolute Gasteiger partial charge is 0.493 e. The number of hydrogen-bond acceptors (Lipinski definition) is 4. The standard InChI is InChI=1S/C22H23N3O3S.ClH/c1-16-13-19(25-29(26,27)21-5-3-2-4-6-21)15-20(14-16)28-12-11-17-7-9-18(10-8-17)22(23)24;/h2-10,13-15,25H,11-12H2,1H3,(H3,23,24);1H. The number of nitrogen functional groups attached to an aromatic ring is 1. The van der Waals surface area contributed by atoms with Gasteiger partial charge in [-0.15, -0.1) is 12.4 Å². The van der Waals surface area contributed by atoms with Crippen LogP contribution in [0.25, 0.3) is 0 Å². The normalized spacial score (nSPS) is 10.7. The summed E-state index contributed by atoms with van der Waals surface area (Å²) < 4.78 is 33.5. The zero-order chi connectivity index (χ0) is 20.9. The van der Waals surface area contributed by atoms with Gasteiger partial charge in [0.2, 0.25) is 0 Å². The topological polar surface area (TPSA) is 105 Å². The number of sulfonamides is 1. The molecule has 0 unspecified atom stereocenters. The molecular weight excluding hydrogens is 422 g/mol. The maximum absolute atomic E-state index is 12.5.